The fraction of sp³-hybridized carbons (Fsp3) is 0.423. The summed E-state index contributed by atoms with van der Waals surface area (Å²) in [5.41, 5.74) is 5.59. The van der Waals surface area contributed by atoms with E-state index >= 15 is 0 Å². The summed E-state index contributed by atoms with van der Waals surface area (Å²) in [6, 6.07) is 12.5. The molecule has 4 heteroatoms. The van der Waals surface area contributed by atoms with E-state index in [1.165, 1.54) is 22.3 Å². The molecule has 0 unspecified atom stereocenters. The molecule has 160 valence electrons. The van der Waals surface area contributed by atoms with Crippen LogP contribution in [0.2, 0.25) is 0 Å². The van der Waals surface area contributed by atoms with Gasteiger partial charge in [0, 0.05) is 24.5 Å². The van der Waals surface area contributed by atoms with Crippen LogP contribution in [0.25, 0.3) is 10.9 Å². The highest BCUT2D eigenvalue weighted by Gasteiger charge is 2.27. The molecule has 4 nitrogen and oxygen atoms in total. The van der Waals surface area contributed by atoms with Gasteiger partial charge in [-0.1, -0.05) is 37.6 Å². The van der Waals surface area contributed by atoms with Crippen molar-refractivity contribution in [2.24, 2.45) is 0 Å². The minimum Gasteiger partial charge on any atom is -0.497 e. The molecule has 0 aliphatic heterocycles. The van der Waals surface area contributed by atoms with Crippen LogP contribution in [-0.4, -0.2) is 43.1 Å². The third-order valence-electron chi connectivity index (χ3n) is 5.90. The lowest BCUT2D eigenvalue weighted by atomic mass is 9.78. The van der Waals surface area contributed by atoms with Gasteiger partial charge in [0.15, 0.2) is 0 Å². The number of aromatic nitrogens is 1. The Hall–Kier alpha value is -2.59. The molecule has 3 aromatic rings. The number of hydrogen-bond donors (Lipinski definition) is 0. The van der Waals surface area contributed by atoms with Crippen molar-refractivity contribution in [3.8, 4) is 5.75 Å². The number of likely N-dealkylation sites (N-methyl/N-ethyl adjacent to an activating group) is 1. The van der Waals surface area contributed by atoms with Crippen LogP contribution in [-0.2, 0) is 11.8 Å². The van der Waals surface area contributed by atoms with Crippen LogP contribution in [0.1, 0.15) is 47.3 Å². The second-order valence-electron chi connectivity index (χ2n) is 9.23. The van der Waals surface area contributed by atoms with Crippen molar-refractivity contribution < 1.29 is 9.53 Å². The van der Waals surface area contributed by atoms with E-state index < -0.39 is 0 Å². The van der Waals surface area contributed by atoms with Gasteiger partial charge < -0.3 is 9.64 Å². The summed E-state index contributed by atoms with van der Waals surface area (Å²) in [4.78, 5) is 15.6. The largest absolute Gasteiger partial charge is 0.497 e. The zero-order valence-corrected chi connectivity index (χ0v) is 19.4. The molecule has 0 amide bonds. The van der Waals surface area contributed by atoms with Gasteiger partial charge in [0.25, 0.3) is 0 Å². The van der Waals surface area contributed by atoms with Gasteiger partial charge in [-0.25, -0.2) is 0 Å². The van der Waals surface area contributed by atoms with Crippen molar-refractivity contribution in [2.45, 2.75) is 46.0 Å². The first-order chi connectivity index (χ1) is 14.1. The number of aryl methyl sites for hydroxylation is 2. The Morgan fingerprint density at radius 2 is 1.83 bits per heavy atom. The van der Waals surface area contributed by atoms with Crippen LogP contribution in [0.5, 0.6) is 5.75 Å². The van der Waals surface area contributed by atoms with Crippen molar-refractivity contribution >= 4 is 16.8 Å². The Kier molecular flexibility index (Phi) is 6.37. The van der Waals surface area contributed by atoms with Crippen molar-refractivity contribution in [1.82, 2.24) is 9.47 Å². The van der Waals surface area contributed by atoms with E-state index in [0.717, 1.165) is 29.6 Å². The summed E-state index contributed by atoms with van der Waals surface area (Å²) in [5.74, 6) is 0.931. The smallest absolute Gasteiger partial charge is 0.231 e. The van der Waals surface area contributed by atoms with Crippen molar-refractivity contribution in [1.29, 1.82) is 0 Å². The van der Waals surface area contributed by atoms with Crippen LogP contribution in [0, 0.1) is 13.8 Å². The lowest BCUT2D eigenvalue weighted by molar-refractivity contribution is 0.0881. The first-order valence-corrected chi connectivity index (χ1v) is 10.6. The van der Waals surface area contributed by atoms with Crippen molar-refractivity contribution in [3.05, 3.63) is 64.8 Å². The third-order valence-corrected chi connectivity index (χ3v) is 5.90. The average Bonchev–Trinajstić information content (AvgIpc) is 3.03. The topological polar surface area (TPSA) is 34.5 Å². The van der Waals surface area contributed by atoms with Gasteiger partial charge in [0.2, 0.25) is 5.91 Å². The zero-order chi connectivity index (χ0) is 22.1. The van der Waals surface area contributed by atoms with Gasteiger partial charge in [-0.3, -0.25) is 9.36 Å². The minimum atomic E-state index is -0.248. The maximum Gasteiger partial charge on any atom is 0.231 e. The normalized spacial score (nSPS) is 12.0. The third kappa shape index (κ3) is 4.59. The predicted molar refractivity (Wildman–Crippen MR) is 125 cm³/mol. The number of ether oxygens (including phenoxy) is 1. The lowest BCUT2D eigenvalue weighted by Crippen LogP contribution is -2.26. The quantitative estimate of drug-likeness (QED) is 0.528. The summed E-state index contributed by atoms with van der Waals surface area (Å²) < 4.78 is 7.27. The Labute approximate surface area is 180 Å². The molecular weight excluding hydrogens is 372 g/mol. The fourth-order valence-electron chi connectivity index (χ4n) is 4.29. The van der Waals surface area contributed by atoms with E-state index in [1.807, 2.05) is 29.0 Å². The standard InChI is InChI=1S/C26H34N2O2/c1-18-8-10-23(19(2)14-18)26(3,4)16-25(29)28-17-20(12-13-27(5)6)22-15-21(30-7)9-11-24(22)28/h8-11,14-15,17H,12-13,16H2,1-7H3. The van der Waals surface area contributed by atoms with Crippen LogP contribution in [0.3, 0.4) is 0 Å². The second kappa shape index (κ2) is 8.65. The Morgan fingerprint density at radius 3 is 2.47 bits per heavy atom. The molecule has 0 N–H and O–H groups in total. The second-order valence-corrected chi connectivity index (χ2v) is 9.23. The number of fused-ring (bicyclic) bond motifs is 1. The van der Waals surface area contributed by atoms with E-state index in [0.29, 0.717) is 6.42 Å². The summed E-state index contributed by atoms with van der Waals surface area (Å²) >= 11 is 0. The number of methoxy groups -OCH3 is 1. The molecule has 0 saturated carbocycles. The fourth-order valence-corrected chi connectivity index (χ4v) is 4.29. The van der Waals surface area contributed by atoms with E-state index in [4.69, 9.17) is 4.74 Å². The molecule has 0 bridgehead atoms. The summed E-state index contributed by atoms with van der Waals surface area (Å²) in [6.07, 6.45) is 3.35. The lowest BCUT2D eigenvalue weighted by Gasteiger charge is -2.27. The molecule has 0 radical (unpaired) electrons. The zero-order valence-electron chi connectivity index (χ0n) is 19.4. The van der Waals surface area contributed by atoms with Crippen molar-refractivity contribution in [3.63, 3.8) is 0 Å². The van der Waals surface area contributed by atoms with Gasteiger partial charge >= 0.3 is 0 Å². The van der Waals surface area contributed by atoms with E-state index in [-0.39, 0.29) is 11.3 Å². The van der Waals surface area contributed by atoms with Gasteiger partial charge in [0.1, 0.15) is 5.75 Å². The maximum atomic E-state index is 13.5. The van der Waals surface area contributed by atoms with Gasteiger partial charge in [-0.15, -0.1) is 0 Å². The van der Waals surface area contributed by atoms with Crippen LogP contribution in [0.15, 0.2) is 42.6 Å². The monoisotopic (exact) mass is 406 g/mol. The van der Waals surface area contributed by atoms with E-state index in [1.54, 1.807) is 7.11 Å². The molecule has 2 aromatic carbocycles. The molecule has 3 rings (SSSR count). The van der Waals surface area contributed by atoms with E-state index in [2.05, 4.69) is 64.9 Å². The molecular formula is C26H34N2O2. The summed E-state index contributed by atoms with van der Waals surface area (Å²) in [7, 11) is 5.81. The van der Waals surface area contributed by atoms with E-state index in [9.17, 15) is 4.79 Å². The number of carbonyl (C=O) groups excluding carboxylic acids is 1. The highest BCUT2D eigenvalue weighted by atomic mass is 16.5. The Morgan fingerprint density at radius 1 is 1.10 bits per heavy atom. The SMILES string of the molecule is COc1ccc2c(c1)c(CCN(C)C)cn2C(=O)CC(C)(C)c1ccc(C)cc1C. The molecule has 0 atom stereocenters. The van der Waals surface area contributed by atoms with Crippen LogP contribution < -0.4 is 4.74 Å². The van der Waals surface area contributed by atoms with Crippen LogP contribution in [0.4, 0.5) is 0 Å². The van der Waals surface area contributed by atoms with Gasteiger partial charge in [-0.05, 0) is 74.7 Å². The number of nitrogens with zero attached hydrogens (tertiary/aromatic N) is 2. The molecule has 0 saturated heterocycles. The Balaban J connectivity index is 1.97. The molecule has 1 aromatic heterocycles. The summed E-state index contributed by atoms with van der Waals surface area (Å²) in [5, 5.41) is 1.09. The molecule has 30 heavy (non-hydrogen) atoms. The van der Waals surface area contributed by atoms with Gasteiger partial charge in [0.05, 0.1) is 12.6 Å². The Bertz CT molecular complexity index is 1060. The maximum absolute atomic E-state index is 13.5. The van der Waals surface area contributed by atoms with Gasteiger partial charge in [-0.2, -0.15) is 0 Å². The number of carbonyl (C=O) groups is 1. The van der Waals surface area contributed by atoms with Crippen LogP contribution >= 0.6 is 0 Å². The number of hydrogen-bond acceptors (Lipinski definition) is 3. The highest BCUT2D eigenvalue weighted by Crippen LogP contribution is 2.33. The molecule has 0 aliphatic rings. The highest BCUT2D eigenvalue weighted by molar-refractivity contribution is 5.95. The molecule has 0 aliphatic carbocycles. The molecule has 0 fully saturated rings. The first kappa shape index (κ1) is 22.1. The molecule has 0 spiro atoms. The predicted octanol–water partition coefficient (Wildman–Crippen LogP) is 5.38. The minimum absolute atomic E-state index is 0.117. The average molecular weight is 407 g/mol. The number of benzene rings is 2. The summed E-state index contributed by atoms with van der Waals surface area (Å²) in [6.45, 7) is 9.47. The molecule has 1 heterocycles. The first-order valence-electron chi connectivity index (χ1n) is 10.6. The number of rotatable bonds is 7. The van der Waals surface area contributed by atoms with Crippen molar-refractivity contribution in [2.75, 3.05) is 27.7 Å².